The summed E-state index contributed by atoms with van der Waals surface area (Å²) in [7, 11) is 0. The SMILES string of the molecule is CC(=O)Cc1[c]ccc(CC(C)=O)c1. The van der Waals surface area contributed by atoms with Crippen molar-refractivity contribution in [1.29, 1.82) is 0 Å². The summed E-state index contributed by atoms with van der Waals surface area (Å²) in [5.74, 6) is 0.242. The van der Waals surface area contributed by atoms with Crippen molar-refractivity contribution in [2.24, 2.45) is 0 Å². The van der Waals surface area contributed by atoms with Crippen molar-refractivity contribution in [2.75, 3.05) is 0 Å². The van der Waals surface area contributed by atoms with Gasteiger partial charge in [0.1, 0.15) is 11.6 Å². The van der Waals surface area contributed by atoms with Gasteiger partial charge in [-0.1, -0.05) is 18.2 Å². The zero-order chi connectivity index (χ0) is 10.6. The van der Waals surface area contributed by atoms with Crippen LogP contribution in [0.25, 0.3) is 0 Å². The standard InChI is InChI=1S/C12H13O2/c1-9(13)6-11-4-3-5-12(8-11)7-10(2)14/h3-4,8H,6-7H2,1-2H3. The second-order valence-electron chi connectivity index (χ2n) is 3.48. The fourth-order valence-electron chi connectivity index (χ4n) is 1.34. The van der Waals surface area contributed by atoms with Crippen molar-refractivity contribution in [3.63, 3.8) is 0 Å². The molecule has 14 heavy (non-hydrogen) atoms. The van der Waals surface area contributed by atoms with Crippen molar-refractivity contribution in [3.8, 4) is 0 Å². The lowest BCUT2D eigenvalue weighted by Crippen LogP contribution is -2.00. The second kappa shape index (κ2) is 4.70. The molecule has 0 aromatic heterocycles. The number of hydrogen-bond donors (Lipinski definition) is 0. The quantitative estimate of drug-likeness (QED) is 0.723. The molecule has 73 valence electrons. The van der Waals surface area contributed by atoms with Gasteiger partial charge in [0.2, 0.25) is 0 Å². The summed E-state index contributed by atoms with van der Waals surface area (Å²) in [4.78, 5) is 21.7. The molecule has 1 radical (unpaired) electrons. The molecule has 0 aliphatic heterocycles. The lowest BCUT2D eigenvalue weighted by atomic mass is 10.0. The molecule has 0 saturated heterocycles. The Morgan fingerprint density at radius 3 is 2.43 bits per heavy atom. The van der Waals surface area contributed by atoms with E-state index >= 15 is 0 Å². The maximum atomic E-state index is 10.9. The Morgan fingerprint density at radius 2 is 1.86 bits per heavy atom. The molecule has 0 bridgehead atoms. The third-order valence-electron chi connectivity index (χ3n) is 1.82. The molecule has 2 heteroatoms. The molecule has 1 rings (SSSR count). The summed E-state index contributed by atoms with van der Waals surface area (Å²) < 4.78 is 0. The van der Waals surface area contributed by atoms with Gasteiger partial charge in [-0.25, -0.2) is 0 Å². The number of rotatable bonds is 4. The third-order valence-corrected chi connectivity index (χ3v) is 1.82. The average Bonchev–Trinajstić information content (AvgIpc) is 2.01. The molecular weight excluding hydrogens is 176 g/mol. The van der Waals surface area contributed by atoms with Crippen LogP contribution in [0.1, 0.15) is 25.0 Å². The summed E-state index contributed by atoms with van der Waals surface area (Å²) >= 11 is 0. The van der Waals surface area contributed by atoms with Crippen LogP contribution in [0.3, 0.4) is 0 Å². The first-order chi connectivity index (χ1) is 6.58. The Hall–Kier alpha value is -1.44. The topological polar surface area (TPSA) is 34.1 Å². The van der Waals surface area contributed by atoms with Gasteiger partial charge in [0.15, 0.2) is 0 Å². The van der Waals surface area contributed by atoms with Gasteiger partial charge in [0.05, 0.1) is 0 Å². The minimum Gasteiger partial charge on any atom is -0.300 e. The van der Waals surface area contributed by atoms with E-state index in [9.17, 15) is 9.59 Å². The van der Waals surface area contributed by atoms with Crippen LogP contribution in [-0.4, -0.2) is 11.6 Å². The lowest BCUT2D eigenvalue weighted by Gasteiger charge is -2.01. The van der Waals surface area contributed by atoms with Crippen LogP contribution >= 0.6 is 0 Å². The monoisotopic (exact) mass is 189 g/mol. The molecule has 2 nitrogen and oxygen atoms in total. The Morgan fingerprint density at radius 1 is 1.21 bits per heavy atom. The van der Waals surface area contributed by atoms with E-state index in [4.69, 9.17) is 0 Å². The molecule has 1 aromatic rings. The maximum Gasteiger partial charge on any atom is 0.134 e. The molecule has 0 spiro atoms. The van der Waals surface area contributed by atoms with E-state index in [-0.39, 0.29) is 11.6 Å². The first-order valence-electron chi connectivity index (χ1n) is 4.56. The van der Waals surface area contributed by atoms with Crippen LogP contribution in [0, 0.1) is 6.07 Å². The molecule has 0 amide bonds. The molecule has 0 heterocycles. The number of benzene rings is 1. The number of carbonyl (C=O) groups excluding carboxylic acids is 2. The number of carbonyl (C=O) groups is 2. The minimum absolute atomic E-state index is 0.112. The summed E-state index contributed by atoms with van der Waals surface area (Å²) in [6.45, 7) is 3.10. The highest BCUT2D eigenvalue weighted by molar-refractivity contribution is 5.79. The summed E-state index contributed by atoms with van der Waals surface area (Å²) in [5, 5.41) is 0. The first-order valence-corrected chi connectivity index (χ1v) is 4.56. The Labute approximate surface area is 83.9 Å². The van der Waals surface area contributed by atoms with E-state index in [2.05, 4.69) is 6.07 Å². The number of hydrogen-bond acceptors (Lipinski definition) is 2. The van der Waals surface area contributed by atoms with E-state index in [0.717, 1.165) is 11.1 Å². The zero-order valence-electron chi connectivity index (χ0n) is 8.46. The molecule has 0 saturated carbocycles. The predicted molar refractivity (Wildman–Crippen MR) is 54.0 cm³/mol. The zero-order valence-corrected chi connectivity index (χ0v) is 8.46. The first kappa shape index (κ1) is 10.6. The predicted octanol–water partition coefficient (Wildman–Crippen LogP) is 1.75. The van der Waals surface area contributed by atoms with Gasteiger partial charge in [0, 0.05) is 12.8 Å². The highest BCUT2D eigenvalue weighted by Gasteiger charge is 2.01. The highest BCUT2D eigenvalue weighted by Crippen LogP contribution is 2.06. The Balaban J connectivity index is 2.78. The van der Waals surface area contributed by atoms with Crippen molar-refractivity contribution >= 4 is 11.6 Å². The molecule has 1 aromatic carbocycles. The molecule has 0 atom stereocenters. The average molecular weight is 189 g/mol. The van der Waals surface area contributed by atoms with Gasteiger partial charge in [-0.05, 0) is 31.0 Å². The van der Waals surface area contributed by atoms with Crippen LogP contribution in [0.2, 0.25) is 0 Å². The molecule has 0 fully saturated rings. The van der Waals surface area contributed by atoms with Crippen molar-refractivity contribution in [1.82, 2.24) is 0 Å². The molecule has 0 aliphatic carbocycles. The lowest BCUT2D eigenvalue weighted by molar-refractivity contribution is -0.117. The van der Waals surface area contributed by atoms with Crippen molar-refractivity contribution in [3.05, 3.63) is 35.4 Å². The van der Waals surface area contributed by atoms with E-state index < -0.39 is 0 Å². The summed E-state index contributed by atoms with van der Waals surface area (Å²) in [6, 6.07) is 8.46. The second-order valence-corrected chi connectivity index (χ2v) is 3.48. The molecule has 0 unspecified atom stereocenters. The van der Waals surface area contributed by atoms with Gasteiger partial charge >= 0.3 is 0 Å². The minimum atomic E-state index is 0.112. The summed E-state index contributed by atoms with van der Waals surface area (Å²) in [5.41, 5.74) is 1.81. The summed E-state index contributed by atoms with van der Waals surface area (Å²) in [6.07, 6.45) is 0.825. The van der Waals surface area contributed by atoms with Gasteiger partial charge in [-0.2, -0.15) is 0 Å². The van der Waals surface area contributed by atoms with Crippen LogP contribution in [0.5, 0.6) is 0 Å². The molecule has 0 aliphatic rings. The van der Waals surface area contributed by atoms with Gasteiger partial charge in [-0.3, -0.25) is 9.59 Å². The maximum absolute atomic E-state index is 10.9. The molecular formula is C12H13O2. The third kappa shape index (κ3) is 3.52. The van der Waals surface area contributed by atoms with E-state index in [1.54, 1.807) is 19.9 Å². The van der Waals surface area contributed by atoms with Gasteiger partial charge < -0.3 is 0 Å². The van der Waals surface area contributed by atoms with Gasteiger partial charge in [0.25, 0.3) is 0 Å². The van der Waals surface area contributed by atoms with Crippen LogP contribution < -0.4 is 0 Å². The van der Waals surface area contributed by atoms with Crippen molar-refractivity contribution < 1.29 is 9.59 Å². The number of Topliss-reactive ketones (excluding diaryl/α,β-unsaturated/α-hetero) is 2. The van der Waals surface area contributed by atoms with Crippen LogP contribution in [0.15, 0.2) is 18.2 Å². The van der Waals surface area contributed by atoms with Crippen molar-refractivity contribution in [2.45, 2.75) is 26.7 Å². The van der Waals surface area contributed by atoms with E-state index in [1.165, 1.54) is 0 Å². The highest BCUT2D eigenvalue weighted by atomic mass is 16.1. The van der Waals surface area contributed by atoms with Crippen LogP contribution in [-0.2, 0) is 22.4 Å². The van der Waals surface area contributed by atoms with E-state index in [0.29, 0.717) is 12.8 Å². The van der Waals surface area contributed by atoms with Gasteiger partial charge in [-0.15, -0.1) is 0 Å². The Kier molecular flexibility index (Phi) is 3.57. The number of ketones is 2. The van der Waals surface area contributed by atoms with E-state index in [1.807, 2.05) is 12.1 Å². The normalized spacial score (nSPS) is 9.86. The smallest absolute Gasteiger partial charge is 0.134 e. The Bertz CT molecular complexity index is 322. The molecule has 0 N–H and O–H groups in total. The fourth-order valence-corrected chi connectivity index (χ4v) is 1.34. The van der Waals surface area contributed by atoms with Crippen LogP contribution in [0.4, 0.5) is 0 Å². The fraction of sp³-hybridized carbons (Fsp3) is 0.333. The largest absolute Gasteiger partial charge is 0.300 e.